The van der Waals surface area contributed by atoms with E-state index in [0.717, 1.165) is 5.75 Å². The van der Waals surface area contributed by atoms with Crippen molar-refractivity contribution in [3.8, 4) is 5.75 Å². The van der Waals surface area contributed by atoms with Gasteiger partial charge in [-0.1, -0.05) is 46.4 Å². The molecule has 3 heteroatoms. The van der Waals surface area contributed by atoms with Crippen LogP contribution in [0.2, 0.25) is 5.02 Å². The molecule has 0 aliphatic heterocycles. The van der Waals surface area contributed by atoms with E-state index in [4.69, 9.17) is 16.3 Å². The Hall–Kier alpha value is -0.210. The molecule has 0 radical (unpaired) electrons. The molecule has 2 rings (SSSR count). The van der Waals surface area contributed by atoms with Gasteiger partial charge in [0.1, 0.15) is 5.75 Å². The Morgan fingerprint density at radius 2 is 2.06 bits per heavy atom. The highest BCUT2D eigenvalue weighted by Crippen LogP contribution is 2.39. The van der Waals surface area contributed by atoms with Gasteiger partial charge in [0.15, 0.2) is 0 Å². The number of benzene rings is 1. The molecule has 0 spiro atoms. The van der Waals surface area contributed by atoms with Crippen molar-refractivity contribution in [1.29, 1.82) is 0 Å². The molecule has 1 aliphatic carbocycles. The van der Waals surface area contributed by atoms with Gasteiger partial charge in [0, 0.05) is 4.83 Å². The Bertz CT molecular complexity index is 367. The quantitative estimate of drug-likeness (QED) is 0.715. The molecule has 2 atom stereocenters. The predicted molar refractivity (Wildman–Crippen MR) is 71.9 cm³/mol. The molecule has 16 heavy (non-hydrogen) atoms. The van der Waals surface area contributed by atoms with Crippen molar-refractivity contribution in [2.24, 2.45) is 0 Å². The highest BCUT2D eigenvalue weighted by atomic mass is 79.9. The Morgan fingerprint density at radius 3 is 2.75 bits per heavy atom. The van der Waals surface area contributed by atoms with Crippen molar-refractivity contribution in [2.45, 2.75) is 36.4 Å². The Morgan fingerprint density at radius 1 is 1.31 bits per heavy atom. The third kappa shape index (κ3) is 2.54. The van der Waals surface area contributed by atoms with Gasteiger partial charge < -0.3 is 4.74 Å². The number of alkyl halides is 1. The zero-order valence-electron chi connectivity index (χ0n) is 9.38. The summed E-state index contributed by atoms with van der Waals surface area (Å²) in [6, 6.07) is 6.13. The first-order valence-electron chi connectivity index (χ1n) is 5.70. The number of hydrogen-bond donors (Lipinski definition) is 0. The van der Waals surface area contributed by atoms with Crippen molar-refractivity contribution < 1.29 is 4.74 Å². The summed E-state index contributed by atoms with van der Waals surface area (Å²) in [6.45, 7) is 0. The zero-order chi connectivity index (χ0) is 11.5. The van der Waals surface area contributed by atoms with Crippen LogP contribution in [0.15, 0.2) is 18.2 Å². The summed E-state index contributed by atoms with van der Waals surface area (Å²) in [7, 11) is 1.66. The first-order valence-corrected chi connectivity index (χ1v) is 6.99. The van der Waals surface area contributed by atoms with Gasteiger partial charge in [0.05, 0.1) is 12.1 Å². The predicted octanol–water partition coefficient (Wildman–Crippen LogP) is 4.77. The van der Waals surface area contributed by atoms with Crippen LogP contribution in [0, 0.1) is 0 Å². The van der Waals surface area contributed by atoms with E-state index >= 15 is 0 Å². The second-order valence-corrected chi connectivity index (χ2v) is 5.88. The fraction of sp³-hybridized carbons (Fsp3) is 0.538. The second kappa shape index (κ2) is 5.42. The van der Waals surface area contributed by atoms with E-state index in [0.29, 0.717) is 15.8 Å². The molecule has 0 bridgehead atoms. The summed E-state index contributed by atoms with van der Waals surface area (Å²) >= 11 is 9.82. The van der Waals surface area contributed by atoms with E-state index in [1.165, 1.54) is 31.2 Å². The molecular formula is C13H16BrClO. The maximum atomic E-state index is 6.03. The number of halogens is 2. The summed E-state index contributed by atoms with van der Waals surface area (Å²) in [5, 5.41) is 0.688. The summed E-state index contributed by atoms with van der Waals surface area (Å²) in [6.07, 6.45) is 5.16. The van der Waals surface area contributed by atoms with Gasteiger partial charge in [0.25, 0.3) is 0 Å². The van der Waals surface area contributed by atoms with Crippen LogP contribution < -0.4 is 4.74 Å². The average molecular weight is 304 g/mol. The van der Waals surface area contributed by atoms with Crippen molar-refractivity contribution in [1.82, 2.24) is 0 Å². The van der Waals surface area contributed by atoms with E-state index < -0.39 is 0 Å². The second-order valence-electron chi connectivity index (χ2n) is 4.30. The molecular weight excluding hydrogens is 287 g/mol. The van der Waals surface area contributed by atoms with Crippen LogP contribution in [0.25, 0.3) is 0 Å². The van der Waals surface area contributed by atoms with E-state index in [1.54, 1.807) is 7.11 Å². The van der Waals surface area contributed by atoms with Gasteiger partial charge in [0.2, 0.25) is 0 Å². The summed E-state index contributed by atoms with van der Waals surface area (Å²) in [5.74, 6) is 1.38. The standard InChI is InChI=1S/C13H16BrClO/c1-16-13-8-9(6-7-12(13)15)10-4-2-3-5-11(10)14/h6-8,10-11H,2-5H2,1H3. The molecule has 1 nitrogen and oxygen atoms in total. The largest absolute Gasteiger partial charge is 0.495 e. The van der Waals surface area contributed by atoms with E-state index in [-0.39, 0.29) is 0 Å². The Balaban J connectivity index is 2.25. The van der Waals surface area contributed by atoms with E-state index in [9.17, 15) is 0 Å². The molecule has 1 fully saturated rings. The van der Waals surface area contributed by atoms with Crippen molar-refractivity contribution in [3.63, 3.8) is 0 Å². The third-order valence-electron chi connectivity index (χ3n) is 3.28. The number of hydrogen-bond acceptors (Lipinski definition) is 1. The summed E-state index contributed by atoms with van der Waals surface area (Å²) in [4.78, 5) is 0.590. The third-order valence-corrected chi connectivity index (χ3v) is 4.69. The molecule has 1 saturated carbocycles. The summed E-state index contributed by atoms with van der Waals surface area (Å²) < 4.78 is 5.26. The van der Waals surface area contributed by atoms with Crippen LogP contribution in [-0.4, -0.2) is 11.9 Å². The van der Waals surface area contributed by atoms with Gasteiger partial charge in [-0.3, -0.25) is 0 Å². The van der Waals surface area contributed by atoms with Gasteiger partial charge in [-0.15, -0.1) is 0 Å². The highest BCUT2D eigenvalue weighted by Gasteiger charge is 2.24. The fourth-order valence-electron chi connectivity index (χ4n) is 2.37. The molecule has 88 valence electrons. The Labute approximate surface area is 110 Å². The zero-order valence-corrected chi connectivity index (χ0v) is 11.7. The van der Waals surface area contributed by atoms with Crippen LogP contribution in [0.5, 0.6) is 5.75 Å². The van der Waals surface area contributed by atoms with Crippen LogP contribution in [-0.2, 0) is 0 Å². The Kier molecular flexibility index (Phi) is 4.15. The number of rotatable bonds is 2. The van der Waals surface area contributed by atoms with Crippen LogP contribution in [0.4, 0.5) is 0 Å². The smallest absolute Gasteiger partial charge is 0.137 e. The normalized spacial score (nSPS) is 25.4. The first-order chi connectivity index (χ1) is 7.72. The molecule has 2 unspecified atom stereocenters. The van der Waals surface area contributed by atoms with Gasteiger partial charge in [-0.2, -0.15) is 0 Å². The van der Waals surface area contributed by atoms with Crippen LogP contribution in [0.1, 0.15) is 37.2 Å². The lowest BCUT2D eigenvalue weighted by Crippen LogP contribution is -2.17. The van der Waals surface area contributed by atoms with Crippen LogP contribution >= 0.6 is 27.5 Å². The lowest BCUT2D eigenvalue weighted by Gasteiger charge is -2.28. The SMILES string of the molecule is COc1cc(C2CCCCC2Br)ccc1Cl. The topological polar surface area (TPSA) is 9.23 Å². The maximum absolute atomic E-state index is 6.03. The van der Waals surface area contributed by atoms with Crippen molar-refractivity contribution in [2.75, 3.05) is 7.11 Å². The van der Waals surface area contributed by atoms with Crippen molar-refractivity contribution in [3.05, 3.63) is 28.8 Å². The molecule has 1 aromatic rings. The monoisotopic (exact) mass is 302 g/mol. The minimum Gasteiger partial charge on any atom is -0.495 e. The molecule has 0 saturated heterocycles. The molecule has 0 N–H and O–H groups in total. The first kappa shape index (κ1) is 12.3. The maximum Gasteiger partial charge on any atom is 0.137 e. The number of methoxy groups -OCH3 is 1. The molecule has 0 amide bonds. The fourth-order valence-corrected chi connectivity index (χ4v) is 3.46. The lowest BCUT2D eigenvalue weighted by atomic mass is 9.84. The molecule has 1 aromatic carbocycles. The highest BCUT2D eigenvalue weighted by molar-refractivity contribution is 9.09. The van der Waals surface area contributed by atoms with E-state index in [2.05, 4.69) is 28.1 Å². The van der Waals surface area contributed by atoms with Gasteiger partial charge >= 0.3 is 0 Å². The molecule has 1 aliphatic rings. The van der Waals surface area contributed by atoms with Crippen molar-refractivity contribution >= 4 is 27.5 Å². The minimum atomic E-state index is 0.590. The van der Waals surface area contributed by atoms with Gasteiger partial charge in [-0.25, -0.2) is 0 Å². The average Bonchev–Trinajstić information content (AvgIpc) is 2.31. The molecule has 0 aromatic heterocycles. The summed E-state index contributed by atoms with van der Waals surface area (Å²) in [5.41, 5.74) is 1.34. The molecule has 0 heterocycles. The van der Waals surface area contributed by atoms with Crippen LogP contribution in [0.3, 0.4) is 0 Å². The number of ether oxygens (including phenoxy) is 1. The minimum absolute atomic E-state index is 0.590. The van der Waals surface area contributed by atoms with E-state index in [1.807, 2.05) is 6.07 Å². The lowest BCUT2D eigenvalue weighted by molar-refractivity contribution is 0.411. The van der Waals surface area contributed by atoms with Gasteiger partial charge in [-0.05, 0) is 36.5 Å².